The van der Waals surface area contributed by atoms with Gasteiger partial charge in [0.05, 0.1) is 0 Å². The molecule has 0 aliphatic heterocycles. The number of aryl methyl sites for hydroxylation is 1. The average molecular weight is 181 g/mol. The van der Waals surface area contributed by atoms with Crippen LogP contribution < -0.4 is 10.1 Å². The average Bonchev–Trinajstić information content (AvgIpc) is 2.04. The number of rotatable bonds is 4. The highest BCUT2D eigenvalue weighted by atomic mass is 16.5. The van der Waals surface area contributed by atoms with Crippen molar-refractivity contribution >= 4 is 0 Å². The van der Waals surface area contributed by atoms with Crippen molar-refractivity contribution in [3.8, 4) is 5.88 Å². The predicted molar refractivity (Wildman–Crippen MR) is 50.8 cm³/mol. The van der Waals surface area contributed by atoms with E-state index in [0.717, 1.165) is 12.4 Å². The summed E-state index contributed by atoms with van der Waals surface area (Å²) >= 11 is 0. The Kier molecular flexibility index (Phi) is 3.64. The lowest BCUT2D eigenvalue weighted by Gasteiger charge is -2.12. The third kappa shape index (κ3) is 3.38. The molecule has 0 aromatic carbocycles. The van der Waals surface area contributed by atoms with Gasteiger partial charge in [-0.3, -0.25) is 0 Å². The van der Waals surface area contributed by atoms with Crippen LogP contribution in [-0.4, -0.2) is 29.7 Å². The zero-order chi connectivity index (χ0) is 9.68. The van der Waals surface area contributed by atoms with E-state index >= 15 is 0 Å². The summed E-state index contributed by atoms with van der Waals surface area (Å²) in [6.07, 6.45) is 1.82. The summed E-state index contributed by atoms with van der Waals surface area (Å²) in [7, 11) is 1.89. The normalized spacial score (nSPS) is 12.5. The van der Waals surface area contributed by atoms with Crippen LogP contribution in [0.25, 0.3) is 0 Å². The zero-order valence-corrected chi connectivity index (χ0v) is 8.24. The Labute approximate surface area is 78.4 Å². The standard InChI is InChI=1S/C9H15N3O/c1-7(6-10-3)13-9-4-5-11-8(2)12-9/h4-5,7,10H,6H2,1-3H3. The molecule has 4 heteroatoms. The number of nitrogens with zero attached hydrogens (tertiary/aromatic N) is 2. The predicted octanol–water partition coefficient (Wildman–Crippen LogP) is 0.772. The van der Waals surface area contributed by atoms with Crippen LogP contribution >= 0.6 is 0 Å². The molecule has 4 nitrogen and oxygen atoms in total. The van der Waals surface area contributed by atoms with Crippen molar-refractivity contribution in [2.75, 3.05) is 13.6 Å². The van der Waals surface area contributed by atoms with Gasteiger partial charge in [0.2, 0.25) is 5.88 Å². The lowest BCUT2D eigenvalue weighted by molar-refractivity contribution is 0.211. The first-order chi connectivity index (χ1) is 6.22. The van der Waals surface area contributed by atoms with E-state index in [0.29, 0.717) is 5.88 Å². The Hall–Kier alpha value is -1.16. The van der Waals surface area contributed by atoms with Crippen LogP contribution in [0.1, 0.15) is 12.7 Å². The van der Waals surface area contributed by atoms with Crippen molar-refractivity contribution in [3.05, 3.63) is 18.1 Å². The number of hydrogen-bond acceptors (Lipinski definition) is 4. The molecule has 1 unspecified atom stereocenters. The lowest BCUT2D eigenvalue weighted by atomic mass is 10.4. The molecule has 1 aromatic heterocycles. The smallest absolute Gasteiger partial charge is 0.216 e. The molecule has 0 amide bonds. The summed E-state index contributed by atoms with van der Waals surface area (Å²) in [6, 6.07) is 1.76. The van der Waals surface area contributed by atoms with Crippen molar-refractivity contribution in [1.82, 2.24) is 15.3 Å². The maximum atomic E-state index is 5.52. The molecule has 1 N–H and O–H groups in total. The van der Waals surface area contributed by atoms with Gasteiger partial charge in [-0.05, 0) is 20.9 Å². The molecule has 0 spiro atoms. The minimum atomic E-state index is 0.124. The van der Waals surface area contributed by atoms with Crippen molar-refractivity contribution in [3.63, 3.8) is 0 Å². The van der Waals surface area contributed by atoms with Gasteiger partial charge in [-0.15, -0.1) is 0 Å². The molecular weight excluding hydrogens is 166 g/mol. The Morgan fingerprint density at radius 1 is 1.62 bits per heavy atom. The molecule has 0 radical (unpaired) electrons. The van der Waals surface area contributed by atoms with Crippen molar-refractivity contribution in [1.29, 1.82) is 0 Å². The summed E-state index contributed by atoms with van der Waals surface area (Å²) < 4.78 is 5.52. The summed E-state index contributed by atoms with van der Waals surface area (Å²) in [4.78, 5) is 8.12. The van der Waals surface area contributed by atoms with Crippen LogP contribution in [0.5, 0.6) is 5.88 Å². The highest BCUT2D eigenvalue weighted by molar-refractivity contribution is 5.08. The number of nitrogens with one attached hydrogen (secondary N) is 1. The largest absolute Gasteiger partial charge is 0.473 e. The number of hydrogen-bond donors (Lipinski definition) is 1. The zero-order valence-electron chi connectivity index (χ0n) is 8.24. The molecule has 13 heavy (non-hydrogen) atoms. The fourth-order valence-electron chi connectivity index (χ4n) is 1.04. The quantitative estimate of drug-likeness (QED) is 0.745. The highest BCUT2D eigenvalue weighted by Gasteiger charge is 2.03. The molecule has 1 atom stereocenters. The van der Waals surface area contributed by atoms with Gasteiger partial charge in [0.25, 0.3) is 0 Å². The van der Waals surface area contributed by atoms with Crippen molar-refractivity contribution in [2.45, 2.75) is 20.0 Å². The number of likely N-dealkylation sites (N-methyl/N-ethyl adjacent to an activating group) is 1. The molecule has 0 saturated carbocycles. The van der Waals surface area contributed by atoms with Gasteiger partial charge in [0.1, 0.15) is 11.9 Å². The van der Waals surface area contributed by atoms with Crippen LogP contribution in [0.2, 0.25) is 0 Å². The summed E-state index contributed by atoms with van der Waals surface area (Å²) in [5.74, 6) is 1.37. The van der Waals surface area contributed by atoms with Crippen LogP contribution in [0, 0.1) is 6.92 Å². The first kappa shape index (κ1) is 9.92. The van der Waals surface area contributed by atoms with E-state index in [4.69, 9.17) is 4.74 Å². The minimum Gasteiger partial charge on any atom is -0.473 e. The minimum absolute atomic E-state index is 0.124. The van der Waals surface area contributed by atoms with E-state index in [1.807, 2.05) is 20.9 Å². The van der Waals surface area contributed by atoms with Crippen LogP contribution in [0.15, 0.2) is 12.3 Å². The summed E-state index contributed by atoms with van der Waals surface area (Å²) in [5.41, 5.74) is 0. The summed E-state index contributed by atoms with van der Waals surface area (Å²) in [6.45, 7) is 4.65. The van der Waals surface area contributed by atoms with Gasteiger partial charge < -0.3 is 10.1 Å². The number of aromatic nitrogens is 2. The van der Waals surface area contributed by atoms with Gasteiger partial charge in [-0.25, -0.2) is 4.98 Å². The Bertz CT molecular complexity index is 265. The van der Waals surface area contributed by atoms with Crippen LogP contribution in [-0.2, 0) is 0 Å². The highest BCUT2D eigenvalue weighted by Crippen LogP contribution is 2.06. The van der Waals surface area contributed by atoms with Crippen molar-refractivity contribution < 1.29 is 4.74 Å². The lowest BCUT2D eigenvalue weighted by Crippen LogP contribution is -2.26. The topological polar surface area (TPSA) is 47.0 Å². The Morgan fingerprint density at radius 3 is 3.00 bits per heavy atom. The Morgan fingerprint density at radius 2 is 2.38 bits per heavy atom. The van der Waals surface area contributed by atoms with Gasteiger partial charge in [-0.2, -0.15) is 4.98 Å². The van der Waals surface area contributed by atoms with E-state index in [9.17, 15) is 0 Å². The van der Waals surface area contributed by atoms with Crippen LogP contribution in [0.3, 0.4) is 0 Å². The molecule has 0 aliphatic carbocycles. The Balaban J connectivity index is 2.53. The van der Waals surface area contributed by atoms with Gasteiger partial charge in [0, 0.05) is 18.8 Å². The molecule has 0 aliphatic rings. The van der Waals surface area contributed by atoms with E-state index in [2.05, 4.69) is 15.3 Å². The second-order valence-electron chi connectivity index (χ2n) is 2.93. The molecule has 0 bridgehead atoms. The molecule has 1 aromatic rings. The molecule has 1 rings (SSSR count). The molecular formula is C9H15N3O. The van der Waals surface area contributed by atoms with Crippen molar-refractivity contribution in [2.24, 2.45) is 0 Å². The molecule has 0 saturated heterocycles. The van der Waals surface area contributed by atoms with E-state index < -0.39 is 0 Å². The van der Waals surface area contributed by atoms with Gasteiger partial charge in [0.15, 0.2) is 0 Å². The fourth-order valence-corrected chi connectivity index (χ4v) is 1.04. The second-order valence-corrected chi connectivity index (χ2v) is 2.93. The first-order valence-corrected chi connectivity index (χ1v) is 4.33. The third-order valence-electron chi connectivity index (χ3n) is 1.56. The maximum Gasteiger partial charge on any atom is 0.216 e. The maximum absolute atomic E-state index is 5.52. The van der Waals surface area contributed by atoms with Gasteiger partial charge in [-0.1, -0.05) is 0 Å². The third-order valence-corrected chi connectivity index (χ3v) is 1.56. The van der Waals surface area contributed by atoms with E-state index in [1.54, 1.807) is 12.3 Å². The van der Waals surface area contributed by atoms with Gasteiger partial charge >= 0.3 is 0 Å². The monoisotopic (exact) mass is 181 g/mol. The summed E-state index contributed by atoms with van der Waals surface area (Å²) in [5, 5.41) is 3.03. The first-order valence-electron chi connectivity index (χ1n) is 4.33. The SMILES string of the molecule is CNCC(C)Oc1ccnc(C)n1. The van der Waals surface area contributed by atoms with Crippen LogP contribution in [0.4, 0.5) is 0 Å². The molecule has 72 valence electrons. The molecule has 1 heterocycles. The second kappa shape index (κ2) is 4.77. The van der Waals surface area contributed by atoms with E-state index in [-0.39, 0.29) is 6.10 Å². The number of ether oxygens (including phenoxy) is 1. The molecule has 0 fully saturated rings. The fraction of sp³-hybridized carbons (Fsp3) is 0.556. The van der Waals surface area contributed by atoms with E-state index in [1.165, 1.54) is 0 Å².